The van der Waals surface area contributed by atoms with Crippen LogP contribution in [0.15, 0.2) is 12.2 Å². The SMILES string of the molecule is C=C(C)C(C(N)=O)N1CCNCC1. The molecule has 4 heteroatoms. The molecule has 74 valence electrons. The van der Waals surface area contributed by atoms with Crippen LogP contribution in [0, 0.1) is 0 Å². The first-order valence-corrected chi connectivity index (χ1v) is 4.52. The van der Waals surface area contributed by atoms with Gasteiger partial charge in [0.25, 0.3) is 0 Å². The molecule has 0 bridgehead atoms. The number of hydrogen-bond acceptors (Lipinski definition) is 3. The molecule has 1 rings (SSSR count). The fourth-order valence-corrected chi connectivity index (χ4v) is 1.67. The molecule has 0 aliphatic carbocycles. The molecule has 4 nitrogen and oxygen atoms in total. The highest BCUT2D eigenvalue weighted by Crippen LogP contribution is 2.08. The Balaban J connectivity index is 2.62. The van der Waals surface area contributed by atoms with Crippen LogP contribution < -0.4 is 11.1 Å². The molecule has 1 aliphatic rings. The summed E-state index contributed by atoms with van der Waals surface area (Å²) in [7, 11) is 0. The molecule has 1 aliphatic heterocycles. The Morgan fingerprint density at radius 3 is 2.46 bits per heavy atom. The molecule has 1 atom stereocenters. The molecule has 1 saturated heterocycles. The van der Waals surface area contributed by atoms with Gasteiger partial charge in [0.15, 0.2) is 0 Å². The van der Waals surface area contributed by atoms with E-state index in [-0.39, 0.29) is 11.9 Å². The smallest absolute Gasteiger partial charge is 0.239 e. The van der Waals surface area contributed by atoms with Crippen LogP contribution in [0.5, 0.6) is 0 Å². The summed E-state index contributed by atoms with van der Waals surface area (Å²) in [5, 5.41) is 3.22. The normalized spacial score (nSPS) is 21.0. The summed E-state index contributed by atoms with van der Waals surface area (Å²) in [6.45, 7) is 9.18. The summed E-state index contributed by atoms with van der Waals surface area (Å²) < 4.78 is 0. The zero-order valence-corrected chi connectivity index (χ0v) is 8.05. The minimum Gasteiger partial charge on any atom is -0.368 e. The van der Waals surface area contributed by atoms with Gasteiger partial charge in [0.1, 0.15) is 6.04 Å². The maximum Gasteiger partial charge on any atom is 0.239 e. The van der Waals surface area contributed by atoms with E-state index in [0.717, 1.165) is 31.8 Å². The molecule has 0 radical (unpaired) electrons. The molecule has 3 N–H and O–H groups in total. The Kier molecular flexibility index (Phi) is 3.45. The number of carbonyl (C=O) groups excluding carboxylic acids is 1. The highest BCUT2D eigenvalue weighted by Gasteiger charge is 2.25. The molecule has 1 heterocycles. The van der Waals surface area contributed by atoms with E-state index < -0.39 is 0 Å². The molecule has 0 aromatic carbocycles. The van der Waals surface area contributed by atoms with Gasteiger partial charge in [0.2, 0.25) is 5.91 Å². The average molecular weight is 183 g/mol. The van der Waals surface area contributed by atoms with E-state index in [9.17, 15) is 4.79 Å². The first-order chi connectivity index (χ1) is 6.13. The lowest BCUT2D eigenvalue weighted by atomic mass is 10.1. The second-order valence-corrected chi connectivity index (χ2v) is 3.44. The fourth-order valence-electron chi connectivity index (χ4n) is 1.67. The van der Waals surface area contributed by atoms with Crippen LogP contribution in [-0.4, -0.2) is 43.0 Å². The predicted octanol–water partition coefficient (Wildman–Crippen LogP) is -0.678. The van der Waals surface area contributed by atoms with Gasteiger partial charge in [-0.3, -0.25) is 9.69 Å². The Bertz CT molecular complexity index is 195. The van der Waals surface area contributed by atoms with Crippen molar-refractivity contribution in [3.8, 4) is 0 Å². The van der Waals surface area contributed by atoms with Gasteiger partial charge in [-0.05, 0) is 6.92 Å². The van der Waals surface area contributed by atoms with Crippen molar-refractivity contribution in [2.24, 2.45) is 5.73 Å². The third-order valence-corrected chi connectivity index (χ3v) is 2.25. The minimum atomic E-state index is -0.297. The molecule has 0 saturated carbocycles. The molecule has 0 aromatic rings. The predicted molar refractivity (Wildman–Crippen MR) is 52.2 cm³/mol. The highest BCUT2D eigenvalue weighted by molar-refractivity contribution is 5.83. The first-order valence-electron chi connectivity index (χ1n) is 4.52. The molecule has 1 amide bonds. The summed E-state index contributed by atoms with van der Waals surface area (Å²) >= 11 is 0. The molecule has 1 fully saturated rings. The van der Waals surface area contributed by atoms with E-state index in [1.165, 1.54) is 0 Å². The summed E-state index contributed by atoms with van der Waals surface area (Å²) in [6.07, 6.45) is 0. The number of amides is 1. The second kappa shape index (κ2) is 4.39. The third-order valence-electron chi connectivity index (χ3n) is 2.25. The average Bonchev–Trinajstić information content (AvgIpc) is 2.04. The molecule has 1 unspecified atom stereocenters. The minimum absolute atomic E-state index is 0.290. The van der Waals surface area contributed by atoms with Crippen molar-refractivity contribution in [1.29, 1.82) is 0 Å². The topological polar surface area (TPSA) is 58.4 Å². The van der Waals surface area contributed by atoms with Gasteiger partial charge in [0.05, 0.1) is 0 Å². The van der Waals surface area contributed by atoms with Crippen LogP contribution >= 0.6 is 0 Å². The van der Waals surface area contributed by atoms with Gasteiger partial charge in [-0.25, -0.2) is 0 Å². The van der Waals surface area contributed by atoms with Gasteiger partial charge in [-0.2, -0.15) is 0 Å². The zero-order chi connectivity index (χ0) is 9.84. The van der Waals surface area contributed by atoms with Crippen molar-refractivity contribution in [2.45, 2.75) is 13.0 Å². The van der Waals surface area contributed by atoms with Crippen LogP contribution in [0.4, 0.5) is 0 Å². The Hall–Kier alpha value is -0.870. The van der Waals surface area contributed by atoms with Crippen molar-refractivity contribution in [2.75, 3.05) is 26.2 Å². The lowest BCUT2D eigenvalue weighted by Crippen LogP contribution is -2.53. The summed E-state index contributed by atoms with van der Waals surface area (Å²) in [5.74, 6) is -0.297. The van der Waals surface area contributed by atoms with E-state index in [0.29, 0.717) is 0 Å². The quantitative estimate of drug-likeness (QED) is 0.570. The van der Waals surface area contributed by atoms with E-state index in [1.54, 1.807) is 0 Å². The standard InChI is InChI=1S/C9H17N3O/c1-7(2)8(9(10)13)12-5-3-11-4-6-12/h8,11H,1,3-6H2,2H3,(H2,10,13). The van der Waals surface area contributed by atoms with Crippen molar-refractivity contribution in [3.05, 3.63) is 12.2 Å². The van der Waals surface area contributed by atoms with Gasteiger partial charge in [-0.1, -0.05) is 12.2 Å². The van der Waals surface area contributed by atoms with Gasteiger partial charge in [0, 0.05) is 26.2 Å². The van der Waals surface area contributed by atoms with Crippen molar-refractivity contribution < 1.29 is 4.79 Å². The fraction of sp³-hybridized carbons (Fsp3) is 0.667. The van der Waals surface area contributed by atoms with Crippen LogP contribution in [-0.2, 0) is 4.79 Å². The lowest BCUT2D eigenvalue weighted by Gasteiger charge is -2.33. The van der Waals surface area contributed by atoms with Crippen LogP contribution in [0.25, 0.3) is 0 Å². The Labute approximate surface area is 78.8 Å². The number of piperazine rings is 1. The number of nitrogens with two attached hydrogens (primary N) is 1. The Morgan fingerprint density at radius 2 is 2.08 bits per heavy atom. The monoisotopic (exact) mass is 183 g/mol. The largest absolute Gasteiger partial charge is 0.368 e. The highest BCUT2D eigenvalue weighted by atomic mass is 16.1. The number of hydrogen-bond donors (Lipinski definition) is 2. The van der Waals surface area contributed by atoms with Gasteiger partial charge in [-0.15, -0.1) is 0 Å². The molecular formula is C9H17N3O. The van der Waals surface area contributed by atoms with Gasteiger partial charge < -0.3 is 11.1 Å². The maximum atomic E-state index is 11.1. The van der Waals surface area contributed by atoms with Gasteiger partial charge >= 0.3 is 0 Å². The van der Waals surface area contributed by atoms with E-state index >= 15 is 0 Å². The molecule has 0 spiro atoms. The van der Waals surface area contributed by atoms with E-state index in [1.807, 2.05) is 6.92 Å². The number of primary amides is 1. The number of carbonyl (C=O) groups is 1. The Morgan fingerprint density at radius 1 is 1.54 bits per heavy atom. The summed E-state index contributed by atoms with van der Waals surface area (Å²) in [6, 6.07) is -0.290. The summed E-state index contributed by atoms with van der Waals surface area (Å²) in [5.41, 5.74) is 6.13. The van der Waals surface area contributed by atoms with Crippen LogP contribution in [0.2, 0.25) is 0 Å². The van der Waals surface area contributed by atoms with Crippen molar-refractivity contribution in [3.63, 3.8) is 0 Å². The van der Waals surface area contributed by atoms with Crippen LogP contribution in [0.3, 0.4) is 0 Å². The zero-order valence-electron chi connectivity index (χ0n) is 8.05. The van der Waals surface area contributed by atoms with Crippen LogP contribution in [0.1, 0.15) is 6.92 Å². The van der Waals surface area contributed by atoms with E-state index in [2.05, 4.69) is 16.8 Å². The number of nitrogens with zero attached hydrogens (tertiary/aromatic N) is 1. The third kappa shape index (κ3) is 2.54. The molecule has 0 aromatic heterocycles. The van der Waals surface area contributed by atoms with Crippen molar-refractivity contribution in [1.82, 2.24) is 10.2 Å². The lowest BCUT2D eigenvalue weighted by molar-refractivity contribution is -0.122. The first kappa shape index (κ1) is 10.2. The molecular weight excluding hydrogens is 166 g/mol. The number of nitrogens with one attached hydrogen (secondary N) is 1. The van der Waals surface area contributed by atoms with E-state index in [4.69, 9.17) is 5.73 Å². The summed E-state index contributed by atoms with van der Waals surface area (Å²) in [4.78, 5) is 13.2. The number of rotatable bonds is 3. The molecule has 13 heavy (non-hydrogen) atoms. The second-order valence-electron chi connectivity index (χ2n) is 3.44. The van der Waals surface area contributed by atoms with Crippen molar-refractivity contribution >= 4 is 5.91 Å². The maximum absolute atomic E-state index is 11.1.